The Morgan fingerprint density at radius 1 is 1.10 bits per heavy atom. The molecule has 0 fully saturated rings. The summed E-state index contributed by atoms with van der Waals surface area (Å²) in [5.41, 5.74) is 0.416. The maximum absolute atomic E-state index is 13.6. The van der Waals surface area contributed by atoms with Crippen molar-refractivity contribution in [2.75, 3.05) is 6.61 Å². The number of hydrogen-bond donors (Lipinski definition) is 0. The van der Waals surface area contributed by atoms with E-state index in [1.807, 2.05) is 6.92 Å². The molecule has 0 saturated carbocycles. The zero-order valence-electron chi connectivity index (χ0n) is 11.0. The average molecular weight is 276 g/mol. The highest BCUT2D eigenvalue weighted by molar-refractivity contribution is 5.99. The molecule has 0 spiro atoms. The van der Waals surface area contributed by atoms with Gasteiger partial charge in [0.15, 0.2) is 17.4 Å². The van der Waals surface area contributed by atoms with Crippen molar-refractivity contribution < 1.29 is 18.3 Å². The monoisotopic (exact) mass is 276 g/mol. The molecule has 0 unspecified atom stereocenters. The highest BCUT2D eigenvalue weighted by Crippen LogP contribution is 2.21. The van der Waals surface area contributed by atoms with Crippen LogP contribution < -0.4 is 4.74 Å². The molecular weight excluding hydrogens is 262 g/mol. The molecule has 2 aromatic carbocycles. The molecule has 20 heavy (non-hydrogen) atoms. The normalized spacial score (nSPS) is 10.3. The molecule has 0 aromatic heterocycles. The molecule has 0 heterocycles. The summed E-state index contributed by atoms with van der Waals surface area (Å²) < 4.78 is 32.1. The van der Waals surface area contributed by atoms with Crippen LogP contribution in [0.1, 0.15) is 22.8 Å². The number of para-hydroxylation sites is 1. The fourth-order valence-corrected chi connectivity index (χ4v) is 1.93. The van der Waals surface area contributed by atoms with Gasteiger partial charge in [-0.25, -0.2) is 8.78 Å². The molecule has 0 amide bonds. The van der Waals surface area contributed by atoms with E-state index in [2.05, 4.69) is 0 Å². The summed E-state index contributed by atoms with van der Waals surface area (Å²) in [6, 6.07) is 10.6. The first-order valence-electron chi connectivity index (χ1n) is 6.31. The summed E-state index contributed by atoms with van der Waals surface area (Å²) in [6.45, 7) is 2.24. The van der Waals surface area contributed by atoms with Crippen molar-refractivity contribution in [3.63, 3.8) is 0 Å². The highest BCUT2D eigenvalue weighted by Gasteiger charge is 2.16. The lowest BCUT2D eigenvalue weighted by molar-refractivity contribution is 0.0988. The Hall–Kier alpha value is -2.23. The number of rotatable bonds is 5. The number of ketones is 1. The first-order valence-corrected chi connectivity index (χ1v) is 6.31. The van der Waals surface area contributed by atoms with Gasteiger partial charge in [-0.2, -0.15) is 0 Å². The largest absolute Gasteiger partial charge is 0.493 e. The average Bonchev–Trinajstić information content (AvgIpc) is 2.45. The van der Waals surface area contributed by atoms with Crippen molar-refractivity contribution in [2.24, 2.45) is 0 Å². The van der Waals surface area contributed by atoms with Gasteiger partial charge in [-0.1, -0.05) is 24.3 Å². The van der Waals surface area contributed by atoms with Crippen LogP contribution in [0.25, 0.3) is 0 Å². The van der Waals surface area contributed by atoms with Crippen LogP contribution in [-0.4, -0.2) is 12.4 Å². The van der Waals surface area contributed by atoms with E-state index in [1.54, 1.807) is 24.3 Å². The molecule has 0 saturated heterocycles. The van der Waals surface area contributed by atoms with Crippen LogP contribution in [0, 0.1) is 11.6 Å². The summed E-state index contributed by atoms with van der Waals surface area (Å²) in [5.74, 6) is -1.78. The molecule has 0 radical (unpaired) electrons. The van der Waals surface area contributed by atoms with Crippen LogP contribution in [0.15, 0.2) is 42.5 Å². The minimum Gasteiger partial charge on any atom is -0.493 e. The van der Waals surface area contributed by atoms with Crippen LogP contribution in [0.3, 0.4) is 0 Å². The van der Waals surface area contributed by atoms with Crippen molar-refractivity contribution in [1.29, 1.82) is 0 Å². The van der Waals surface area contributed by atoms with Crippen LogP contribution in [-0.2, 0) is 6.42 Å². The van der Waals surface area contributed by atoms with E-state index in [1.165, 1.54) is 12.1 Å². The number of carbonyl (C=O) groups is 1. The lowest BCUT2D eigenvalue weighted by Gasteiger charge is -2.09. The highest BCUT2D eigenvalue weighted by atomic mass is 19.2. The molecule has 2 aromatic rings. The predicted octanol–water partition coefficient (Wildman–Crippen LogP) is 3.79. The van der Waals surface area contributed by atoms with Gasteiger partial charge < -0.3 is 4.74 Å². The Balaban J connectivity index is 2.26. The van der Waals surface area contributed by atoms with Gasteiger partial charge in [0.25, 0.3) is 0 Å². The summed E-state index contributed by atoms with van der Waals surface area (Å²) in [6.07, 6.45) is -0.201. The molecule has 104 valence electrons. The quantitative estimate of drug-likeness (QED) is 0.777. The Kier molecular flexibility index (Phi) is 4.45. The molecule has 4 heteroatoms. The number of benzene rings is 2. The van der Waals surface area contributed by atoms with Gasteiger partial charge in [-0.15, -0.1) is 0 Å². The second-order valence-corrected chi connectivity index (χ2v) is 4.24. The topological polar surface area (TPSA) is 26.3 Å². The Bertz CT molecular complexity index is 624. The summed E-state index contributed by atoms with van der Waals surface area (Å²) in [7, 11) is 0. The van der Waals surface area contributed by atoms with Gasteiger partial charge in [-0.05, 0) is 30.7 Å². The second-order valence-electron chi connectivity index (χ2n) is 4.24. The molecule has 0 aliphatic carbocycles. The van der Waals surface area contributed by atoms with Gasteiger partial charge in [0.05, 0.1) is 12.2 Å². The lowest BCUT2D eigenvalue weighted by atomic mass is 10.0. The third-order valence-corrected chi connectivity index (χ3v) is 2.87. The van der Waals surface area contributed by atoms with Gasteiger partial charge in [0.1, 0.15) is 5.75 Å². The molecule has 0 bridgehead atoms. The van der Waals surface area contributed by atoms with E-state index < -0.39 is 11.6 Å². The summed E-state index contributed by atoms with van der Waals surface area (Å²) in [5, 5.41) is 0. The maximum Gasteiger partial charge on any atom is 0.171 e. The molecule has 0 N–H and O–H groups in total. The van der Waals surface area contributed by atoms with E-state index in [0.29, 0.717) is 17.9 Å². The van der Waals surface area contributed by atoms with Gasteiger partial charge in [-0.3, -0.25) is 4.79 Å². The number of halogens is 2. The number of hydrogen-bond acceptors (Lipinski definition) is 2. The van der Waals surface area contributed by atoms with Crippen LogP contribution in [0.5, 0.6) is 5.75 Å². The van der Waals surface area contributed by atoms with Gasteiger partial charge in [0, 0.05) is 6.42 Å². The van der Waals surface area contributed by atoms with Crippen LogP contribution in [0.2, 0.25) is 0 Å². The summed E-state index contributed by atoms with van der Waals surface area (Å²) >= 11 is 0. The van der Waals surface area contributed by atoms with Crippen molar-refractivity contribution in [1.82, 2.24) is 0 Å². The van der Waals surface area contributed by atoms with E-state index in [4.69, 9.17) is 4.74 Å². The fourth-order valence-electron chi connectivity index (χ4n) is 1.93. The van der Waals surface area contributed by atoms with Crippen molar-refractivity contribution in [3.05, 3.63) is 65.2 Å². The van der Waals surface area contributed by atoms with Crippen LogP contribution >= 0.6 is 0 Å². The Labute approximate surface area is 116 Å². The molecule has 2 nitrogen and oxygen atoms in total. The first-order chi connectivity index (χ1) is 9.63. The number of ether oxygens (including phenoxy) is 1. The van der Waals surface area contributed by atoms with Crippen molar-refractivity contribution >= 4 is 5.78 Å². The Morgan fingerprint density at radius 3 is 2.60 bits per heavy atom. The standard InChI is InChI=1S/C16H14F2O2/c1-2-20-15-9-4-3-7-12(15)14(19)10-11-6-5-8-13(17)16(11)18/h3-9H,2,10H2,1H3. The van der Waals surface area contributed by atoms with E-state index in [-0.39, 0.29) is 17.8 Å². The maximum atomic E-state index is 13.6. The van der Waals surface area contributed by atoms with E-state index >= 15 is 0 Å². The van der Waals surface area contributed by atoms with E-state index in [9.17, 15) is 13.6 Å². The third-order valence-electron chi connectivity index (χ3n) is 2.87. The molecule has 0 aliphatic heterocycles. The second kappa shape index (κ2) is 6.28. The van der Waals surface area contributed by atoms with Gasteiger partial charge in [0.2, 0.25) is 0 Å². The minimum absolute atomic E-state index is 0.0429. The van der Waals surface area contributed by atoms with Gasteiger partial charge >= 0.3 is 0 Å². The lowest BCUT2D eigenvalue weighted by Crippen LogP contribution is -2.08. The Morgan fingerprint density at radius 2 is 1.85 bits per heavy atom. The minimum atomic E-state index is -0.977. The van der Waals surface area contributed by atoms with Crippen LogP contribution in [0.4, 0.5) is 8.78 Å². The molecule has 0 atom stereocenters. The molecular formula is C16H14F2O2. The number of Topliss-reactive ketones (excluding diaryl/α,β-unsaturated/α-hetero) is 1. The number of carbonyl (C=O) groups excluding carboxylic acids is 1. The summed E-state index contributed by atoms with van der Waals surface area (Å²) in [4.78, 5) is 12.2. The SMILES string of the molecule is CCOc1ccccc1C(=O)Cc1cccc(F)c1F. The van der Waals surface area contributed by atoms with E-state index in [0.717, 1.165) is 6.07 Å². The third kappa shape index (κ3) is 3.02. The fraction of sp³-hybridized carbons (Fsp3) is 0.188. The van der Waals surface area contributed by atoms with Crippen molar-refractivity contribution in [3.8, 4) is 5.75 Å². The molecule has 0 aliphatic rings. The zero-order valence-corrected chi connectivity index (χ0v) is 11.0. The first kappa shape index (κ1) is 14.2. The smallest absolute Gasteiger partial charge is 0.171 e. The molecule has 2 rings (SSSR count). The van der Waals surface area contributed by atoms with Crippen molar-refractivity contribution in [2.45, 2.75) is 13.3 Å². The predicted molar refractivity (Wildman–Crippen MR) is 72.0 cm³/mol. The zero-order chi connectivity index (χ0) is 14.5.